The predicted molar refractivity (Wildman–Crippen MR) is 145 cm³/mol. The third kappa shape index (κ3) is 5.08. The number of hydrogen-bond donors (Lipinski definition) is 1. The van der Waals surface area contributed by atoms with Crippen LogP contribution >= 0.6 is 11.9 Å². The van der Waals surface area contributed by atoms with Crippen LogP contribution in [0.3, 0.4) is 0 Å². The van der Waals surface area contributed by atoms with Gasteiger partial charge < -0.3 is 9.62 Å². The lowest BCUT2D eigenvalue weighted by Gasteiger charge is -2.44. The van der Waals surface area contributed by atoms with Crippen molar-refractivity contribution >= 4 is 34.4 Å². The van der Waals surface area contributed by atoms with Gasteiger partial charge in [-0.25, -0.2) is 4.39 Å². The molecule has 1 aliphatic rings. The maximum absolute atomic E-state index is 13.4. The van der Waals surface area contributed by atoms with Gasteiger partial charge in [0.1, 0.15) is 5.82 Å². The average Bonchev–Trinajstić information content (AvgIpc) is 2.92. The Bertz CT molecular complexity index is 1340. The summed E-state index contributed by atoms with van der Waals surface area (Å²) in [5, 5.41) is 1.10. The Morgan fingerprint density at radius 3 is 2.33 bits per heavy atom. The van der Waals surface area contributed by atoms with Gasteiger partial charge in [-0.2, -0.15) is 0 Å². The molecule has 7 heteroatoms. The number of carbonyl (C=O) groups excluding carboxylic acids is 1. The van der Waals surface area contributed by atoms with Gasteiger partial charge in [0.2, 0.25) is 0 Å². The highest BCUT2D eigenvalue weighted by Crippen LogP contribution is 2.30. The summed E-state index contributed by atoms with van der Waals surface area (Å²) >= 11 is 1.51. The number of halogens is 1. The highest BCUT2D eigenvalue weighted by atomic mass is 32.2. The van der Waals surface area contributed by atoms with Gasteiger partial charge >= 0.3 is 0 Å². The Hall–Kier alpha value is -3.42. The van der Waals surface area contributed by atoms with Crippen molar-refractivity contribution in [3.63, 3.8) is 0 Å². The van der Waals surface area contributed by atoms with Crippen LogP contribution in [0.15, 0.2) is 90.0 Å². The number of para-hydroxylation sites is 1. The van der Waals surface area contributed by atoms with Gasteiger partial charge in [0.05, 0.1) is 10.4 Å². The van der Waals surface area contributed by atoms with Crippen LogP contribution in [0.25, 0.3) is 10.9 Å². The molecule has 2 heterocycles. The minimum atomic E-state index is -0.229. The second-order valence-corrected chi connectivity index (χ2v) is 10.3. The number of hydrogen-bond acceptors (Lipinski definition) is 5. The Morgan fingerprint density at radius 1 is 0.917 bits per heavy atom. The van der Waals surface area contributed by atoms with Crippen LogP contribution in [0.5, 0.6) is 0 Å². The quantitative estimate of drug-likeness (QED) is 0.320. The molecule has 1 fully saturated rings. The second-order valence-electron chi connectivity index (χ2n) is 9.46. The van der Waals surface area contributed by atoms with E-state index < -0.39 is 0 Å². The number of nitrogens with zero attached hydrogens (tertiary/aromatic N) is 3. The van der Waals surface area contributed by atoms with E-state index in [-0.39, 0.29) is 17.3 Å². The Kier molecular flexibility index (Phi) is 6.94. The topological polar surface area (TPSA) is 48.5 Å². The third-order valence-corrected chi connectivity index (χ3v) is 7.80. The van der Waals surface area contributed by atoms with Gasteiger partial charge in [0, 0.05) is 54.6 Å². The summed E-state index contributed by atoms with van der Waals surface area (Å²) in [4.78, 5) is 22.9. The van der Waals surface area contributed by atoms with Crippen molar-refractivity contribution in [2.24, 2.45) is 0 Å². The van der Waals surface area contributed by atoms with Crippen molar-refractivity contribution in [1.82, 2.24) is 14.8 Å². The number of aromatic nitrogens is 1. The molecule has 1 aliphatic heterocycles. The molecule has 0 saturated carbocycles. The molecule has 0 spiro atoms. The number of benzene rings is 3. The molecule has 0 unspecified atom stereocenters. The Labute approximate surface area is 215 Å². The van der Waals surface area contributed by atoms with Gasteiger partial charge in [-0.05, 0) is 79.9 Å². The number of amides is 1. The fourth-order valence-corrected chi connectivity index (χ4v) is 5.42. The number of fused-ring (bicyclic) bond motifs is 1. The molecule has 0 aliphatic carbocycles. The zero-order valence-corrected chi connectivity index (χ0v) is 21.3. The summed E-state index contributed by atoms with van der Waals surface area (Å²) in [6.07, 6.45) is 1.80. The lowest BCUT2D eigenvalue weighted by molar-refractivity contribution is 0.0391. The highest BCUT2D eigenvalue weighted by molar-refractivity contribution is 8.00. The lowest BCUT2D eigenvalue weighted by Crippen LogP contribution is -2.54. The lowest BCUT2D eigenvalue weighted by atomic mass is 9.91. The highest BCUT2D eigenvalue weighted by Gasteiger charge is 2.32. The summed E-state index contributed by atoms with van der Waals surface area (Å²) in [5.41, 5.74) is 3.42. The molecule has 184 valence electrons. The van der Waals surface area contributed by atoms with E-state index in [2.05, 4.69) is 40.6 Å². The fourth-order valence-electron chi connectivity index (χ4n) is 4.64. The van der Waals surface area contributed by atoms with E-state index in [0.717, 1.165) is 40.1 Å². The molecule has 1 N–H and O–H groups in total. The SMILES string of the molecule is CC(C)(c1ccc(F)cc1)N1CCN(C(=O)c2ccc(NSc3cccc4cccnc34)cc2)CC1. The molecule has 36 heavy (non-hydrogen) atoms. The van der Waals surface area contributed by atoms with Crippen LogP contribution in [0.1, 0.15) is 29.8 Å². The number of anilines is 1. The minimum Gasteiger partial charge on any atom is -0.336 e. The van der Waals surface area contributed by atoms with Crippen LogP contribution in [-0.4, -0.2) is 46.9 Å². The van der Waals surface area contributed by atoms with Crippen molar-refractivity contribution in [3.05, 3.63) is 102 Å². The second kappa shape index (κ2) is 10.3. The molecule has 0 bridgehead atoms. The predicted octanol–water partition coefficient (Wildman–Crippen LogP) is 6.19. The Balaban J connectivity index is 1.18. The van der Waals surface area contributed by atoms with E-state index in [9.17, 15) is 9.18 Å². The normalized spacial score (nSPS) is 14.7. The van der Waals surface area contributed by atoms with Crippen molar-refractivity contribution in [1.29, 1.82) is 0 Å². The first kappa shape index (κ1) is 24.3. The smallest absolute Gasteiger partial charge is 0.253 e. The summed E-state index contributed by atoms with van der Waals surface area (Å²) in [7, 11) is 0. The molecule has 1 amide bonds. The van der Waals surface area contributed by atoms with E-state index in [1.165, 1.54) is 24.1 Å². The largest absolute Gasteiger partial charge is 0.336 e. The maximum Gasteiger partial charge on any atom is 0.253 e. The van der Waals surface area contributed by atoms with Crippen molar-refractivity contribution < 1.29 is 9.18 Å². The molecule has 1 aromatic heterocycles. The summed E-state index contributed by atoms with van der Waals surface area (Å²) in [6, 6.07) is 24.4. The number of piperazine rings is 1. The maximum atomic E-state index is 13.4. The van der Waals surface area contributed by atoms with Crippen LogP contribution in [0, 0.1) is 5.82 Å². The van der Waals surface area contributed by atoms with E-state index in [1.54, 1.807) is 6.20 Å². The number of nitrogens with one attached hydrogen (secondary N) is 1. The molecule has 5 nitrogen and oxygen atoms in total. The van der Waals surface area contributed by atoms with E-state index >= 15 is 0 Å². The van der Waals surface area contributed by atoms with E-state index in [1.807, 2.05) is 59.5 Å². The average molecular weight is 501 g/mol. The number of carbonyl (C=O) groups is 1. The summed E-state index contributed by atoms with van der Waals surface area (Å²) < 4.78 is 16.7. The van der Waals surface area contributed by atoms with Crippen molar-refractivity contribution in [2.75, 3.05) is 30.9 Å². The zero-order chi connectivity index (χ0) is 25.1. The minimum absolute atomic E-state index is 0.0479. The van der Waals surface area contributed by atoms with Crippen LogP contribution < -0.4 is 4.72 Å². The van der Waals surface area contributed by atoms with E-state index in [4.69, 9.17) is 0 Å². The zero-order valence-electron chi connectivity index (χ0n) is 20.4. The van der Waals surface area contributed by atoms with Gasteiger partial charge in [-0.3, -0.25) is 14.7 Å². The standard InChI is InChI=1S/C29H29FN4OS/c1-29(2,23-10-12-24(30)13-11-23)34-19-17-33(18-20-34)28(35)22-8-14-25(15-9-22)32-36-26-7-3-5-21-6-4-16-31-27(21)26/h3-16,32H,17-20H2,1-2H3. The van der Waals surface area contributed by atoms with Crippen molar-refractivity contribution in [2.45, 2.75) is 24.3 Å². The first-order valence-electron chi connectivity index (χ1n) is 12.1. The molecule has 1 saturated heterocycles. The first-order chi connectivity index (χ1) is 17.4. The summed E-state index contributed by atoms with van der Waals surface area (Å²) in [5.74, 6) is -0.179. The molecular formula is C29H29FN4OS. The molecule has 0 atom stereocenters. The molecule has 5 rings (SSSR count). The van der Waals surface area contributed by atoms with Crippen LogP contribution in [-0.2, 0) is 5.54 Å². The molecular weight excluding hydrogens is 471 g/mol. The van der Waals surface area contributed by atoms with Gasteiger partial charge in [-0.15, -0.1) is 0 Å². The monoisotopic (exact) mass is 500 g/mol. The third-order valence-electron chi connectivity index (χ3n) is 6.91. The van der Waals surface area contributed by atoms with Gasteiger partial charge in [0.15, 0.2) is 0 Å². The van der Waals surface area contributed by atoms with Crippen molar-refractivity contribution in [3.8, 4) is 0 Å². The first-order valence-corrected chi connectivity index (χ1v) is 12.9. The Morgan fingerprint density at radius 2 is 1.61 bits per heavy atom. The van der Waals surface area contributed by atoms with Gasteiger partial charge in [0.25, 0.3) is 5.91 Å². The molecule has 4 aromatic rings. The van der Waals surface area contributed by atoms with Gasteiger partial charge in [-0.1, -0.05) is 30.3 Å². The van der Waals surface area contributed by atoms with E-state index in [0.29, 0.717) is 18.7 Å². The summed E-state index contributed by atoms with van der Waals surface area (Å²) in [6.45, 7) is 7.16. The molecule has 3 aromatic carbocycles. The molecule has 0 radical (unpaired) electrons. The van der Waals surface area contributed by atoms with Crippen LogP contribution in [0.2, 0.25) is 0 Å². The number of pyridine rings is 1. The fraction of sp³-hybridized carbons (Fsp3) is 0.241. The number of rotatable bonds is 6. The van der Waals surface area contributed by atoms with Crippen LogP contribution in [0.4, 0.5) is 10.1 Å².